The Morgan fingerprint density at radius 3 is 2.64 bits per heavy atom. The van der Waals surface area contributed by atoms with E-state index in [1.165, 1.54) is 0 Å². The average Bonchev–Trinajstić information content (AvgIpc) is 2.87. The number of nitrogens with zero attached hydrogens (tertiary/aromatic N) is 2. The number of halogens is 2. The fraction of sp³-hybridized carbons (Fsp3) is 0.600. The molecule has 122 valence electrons. The third-order valence-corrected chi connectivity index (χ3v) is 4.33. The lowest BCUT2D eigenvalue weighted by molar-refractivity contribution is -0.164. The van der Waals surface area contributed by atoms with Crippen LogP contribution in [0.1, 0.15) is 26.5 Å². The third kappa shape index (κ3) is 3.41. The Morgan fingerprint density at radius 1 is 1.50 bits per heavy atom. The second kappa shape index (κ2) is 6.50. The van der Waals surface area contributed by atoms with Gasteiger partial charge in [0.25, 0.3) is 0 Å². The van der Waals surface area contributed by atoms with Crippen molar-refractivity contribution >= 4 is 35.0 Å². The van der Waals surface area contributed by atoms with Gasteiger partial charge in [-0.1, -0.05) is 0 Å². The first-order chi connectivity index (χ1) is 10.3. The van der Waals surface area contributed by atoms with Gasteiger partial charge >= 0.3 is 0 Å². The van der Waals surface area contributed by atoms with Gasteiger partial charge in [-0.15, -0.1) is 11.6 Å². The molecule has 0 aromatic carbocycles. The Balaban J connectivity index is 2.08. The molecular weight excluding hydrogens is 327 g/mol. The van der Waals surface area contributed by atoms with Gasteiger partial charge in [0, 0.05) is 19.1 Å². The van der Waals surface area contributed by atoms with Gasteiger partial charge in [-0.2, -0.15) is 0 Å². The number of hydrogen-bond acceptors (Lipinski definition) is 3. The van der Waals surface area contributed by atoms with E-state index in [0.29, 0.717) is 18.8 Å². The maximum absolute atomic E-state index is 12.3. The number of rotatable bonds is 6. The van der Waals surface area contributed by atoms with Gasteiger partial charge in [0.1, 0.15) is 11.6 Å². The quantitative estimate of drug-likeness (QED) is 0.587. The Kier molecular flexibility index (Phi) is 5.07. The molecule has 1 aliphatic heterocycles. The highest BCUT2D eigenvalue weighted by Gasteiger charge is 2.50. The number of carbonyl (C=O) groups is 2. The van der Waals surface area contributed by atoms with Crippen molar-refractivity contribution in [1.29, 1.82) is 0 Å². The van der Waals surface area contributed by atoms with E-state index in [1.807, 2.05) is 20.8 Å². The van der Waals surface area contributed by atoms with Crippen molar-refractivity contribution in [3.8, 4) is 0 Å². The molecule has 1 saturated heterocycles. The fourth-order valence-electron chi connectivity index (χ4n) is 2.67. The third-order valence-electron chi connectivity index (χ3n) is 3.90. The monoisotopic (exact) mass is 346 g/mol. The molecule has 1 aliphatic rings. The Morgan fingerprint density at radius 2 is 2.18 bits per heavy atom. The second-order valence-electron chi connectivity index (χ2n) is 6.18. The summed E-state index contributed by atoms with van der Waals surface area (Å²) in [5.41, 5.74) is -0.567. The van der Waals surface area contributed by atoms with Crippen molar-refractivity contribution in [2.45, 2.75) is 33.4 Å². The lowest BCUT2D eigenvalue weighted by Gasteiger charge is -2.50. The van der Waals surface area contributed by atoms with Crippen molar-refractivity contribution in [2.75, 3.05) is 19.0 Å². The van der Waals surface area contributed by atoms with Crippen molar-refractivity contribution in [3.05, 3.63) is 23.1 Å². The van der Waals surface area contributed by atoms with Crippen LogP contribution < -0.4 is 0 Å². The zero-order chi connectivity index (χ0) is 16.5. The van der Waals surface area contributed by atoms with Crippen molar-refractivity contribution < 1.29 is 14.0 Å². The molecule has 0 saturated carbocycles. The van der Waals surface area contributed by atoms with E-state index in [0.717, 1.165) is 0 Å². The Hall–Kier alpha value is -1.20. The highest BCUT2D eigenvalue weighted by molar-refractivity contribution is 6.28. The van der Waals surface area contributed by atoms with Gasteiger partial charge in [-0.25, -0.2) is 0 Å². The predicted molar refractivity (Wildman–Crippen MR) is 84.8 cm³/mol. The first kappa shape index (κ1) is 17.2. The highest BCUT2D eigenvalue weighted by Crippen LogP contribution is 2.34. The SMILES string of the molecule is CC(C)N1CC(C)(CN(Cc2ccc(Cl)o2)C(=O)CCl)C1=O. The summed E-state index contributed by atoms with van der Waals surface area (Å²) < 4.78 is 5.29. The van der Waals surface area contributed by atoms with E-state index < -0.39 is 5.41 Å². The largest absolute Gasteiger partial charge is 0.448 e. The first-order valence-corrected chi connectivity index (χ1v) is 8.07. The predicted octanol–water partition coefficient (Wildman–Crippen LogP) is 2.76. The minimum atomic E-state index is -0.567. The highest BCUT2D eigenvalue weighted by atomic mass is 35.5. The summed E-state index contributed by atoms with van der Waals surface area (Å²) in [5.74, 6) is 0.269. The number of β-lactam (4-membered cyclic amide) rings is 1. The molecule has 1 atom stereocenters. The van der Waals surface area contributed by atoms with Crippen LogP contribution in [0.4, 0.5) is 0 Å². The minimum absolute atomic E-state index is 0.0624. The molecule has 0 spiro atoms. The summed E-state index contributed by atoms with van der Waals surface area (Å²) >= 11 is 11.4. The minimum Gasteiger partial charge on any atom is -0.448 e. The molecule has 0 N–H and O–H groups in total. The van der Waals surface area contributed by atoms with E-state index in [4.69, 9.17) is 27.6 Å². The van der Waals surface area contributed by atoms with Crippen LogP contribution in [0.15, 0.2) is 16.5 Å². The van der Waals surface area contributed by atoms with Crippen molar-refractivity contribution in [1.82, 2.24) is 9.80 Å². The molecule has 1 aromatic rings. The zero-order valence-electron chi connectivity index (χ0n) is 12.9. The van der Waals surface area contributed by atoms with Crippen LogP contribution in [0.3, 0.4) is 0 Å². The average molecular weight is 347 g/mol. The standard InChI is InChI=1S/C15H20Cl2N2O3/c1-10(2)19-9-15(3,14(19)21)8-18(13(20)6-16)7-11-4-5-12(17)22-11/h4-5,10H,6-9H2,1-3H3. The lowest BCUT2D eigenvalue weighted by atomic mass is 9.79. The number of likely N-dealkylation sites (tertiary alicyclic amines) is 1. The topological polar surface area (TPSA) is 53.8 Å². The van der Waals surface area contributed by atoms with Crippen LogP contribution in [0.2, 0.25) is 5.22 Å². The molecule has 0 radical (unpaired) electrons. The number of furan rings is 1. The summed E-state index contributed by atoms with van der Waals surface area (Å²) in [6.45, 7) is 7.03. The molecular formula is C15H20Cl2N2O3. The molecule has 2 amide bonds. The van der Waals surface area contributed by atoms with E-state index >= 15 is 0 Å². The molecule has 2 rings (SSSR count). The summed E-state index contributed by atoms with van der Waals surface area (Å²) in [6.07, 6.45) is 0. The van der Waals surface area contributed by atoms with Gasteiger partial charge in [-0.3, -0.25) is 9.59 Å². The molecule has 2 heterocycles. The molecule has 0 bridgehead atoms. The summed E-state index contributed by atoms with van der Waals surface area (Å²) in [5, 5.41) is 0.269. The summed E-state index contributed by atoms with van der Waals surface area (Å²) in [4.78, 5) is 27.7. The van der Waals surface area contributed by atoms with Gasteiger partial charge in [0.15, 0.2) is 5.22 Å². The van der Waals surface area contributed by atoms with E-state index in [-0.39, 0.29) is 35.5 Å². The molecule has 5 nitrogen and oxygen atoms in total. The molecule has 1 aromatic heterocycles. The van der Waals surface area contributed by atoms with Crippen molar-refractivity contribution in [3.63, 3.8) is 0 Å². The smallest absolute Gasteiger partial charge is 0.237 e. The molecule has 0 aliphatic carbocycles. The number of hydrogen-bond donors (Lipinski definition) is 0. The Labute approximate surface area is 140 Å². The molecule has 7 heteroatoms. The van der Waals surface area contributed by atoms with Gasteiger partial charge in [0.2, 0.25) is 11.8 Å². The maximum atomic E-state index is 12.3. The van der Waals surface area contributed by atoms with Crippen molar-refractivity contribution in [2.24, 2.45) is 5.41 Å². The lowest BCUT2D eigenvalue weighted by Crippen LogP contribution is -2.66. The fourth-order valence-corrected chi connectivity index (χ4v) is 3.00. The van der Waals surface area contributed by atoms with Crippen LogP contribution in [0.5, 0.6) is 0 Å². The molecule has 1 fully saturated rings. The van der Waals surface area contributed by atoms with E-state index in [2.05, 4.69) is 0 Å². The molecule has 1 unspecified atom stereocenters. The number of alkyl halides is 1. The number of amides is 2. The normalized spacial score (nSPS) is 21.2. The first-order valence-electron chi connectivity index (χ1n) is 7.16. The van der Waals surface area contributed by atoms with Crippen LogP contribution in [-0.2, 0) is 16.1 Å². The molecule has 22 heavy (non-hydrogen) atoms. The van der Waals surface area contributed by atoms with Crippen LogP contribution in [0, 0.1) is 5.41 Å². The zero-order valence-corrected chi connectivity index (χ0v) is 14.4. The summed E-state index contributed by atoms with van der Waals surface area (Å²) in [6, 6.07) is 3.50. The van der Waals surface area contributed by atoms with E-state index in [9.17, 15) is 9.59 Å². The number of carbonyl (C=O) groups excluding carboxylic acids is 2. The Bertz CT molecular complexity index is 573. The van der Waals surface area contributed by atoms with Crippen LogP contribution >= 0.6 is 23.2 Å². The second-order valence-corrected chi connectivity index (χ2v) is 6.82. The summed E-state index contributed by atoms with van der Waals surface area (Å²) in [7, 11) is 0. The maximum Gasteiger partial charge on any atom is 0.237 e. The van der Waals surface area contributed by atoms with Gasteiger partial charge in [0.05, 0.1) is 12.0 Å². The van der Waals surface area contributed by atoms with Crippen LogP contribution in [-0.4, -0.2) is 46.6 Å². The van der Waals surface area contributed by atoms with E-state index in [1.54, 1.807) is 21.9 Å². The van der Waals surface area contributed by atoms with Gasteiger partial charge in [-0.05, 0) is 44.5 Å². The van der Waals surface area contributed by atoms with Crippen LogP contribution in [0.25, 0.3) is 0 Å². The van der Waals surface area contributed by atoms with Gasteiger partial charge < -0.3 is 14.2 Å².